The molecule has 0 bridgehead atoms. The molecule has 0 radical (unpaired) electrons. The van der Waals surface area contributed by atoms with Crippen LogP contribution in [0.15, 0.2) is 54.1 Å². The van der Waals surface area contributed by atoms with Gasteiger partial charge in [0.25, 0.3) is 0 Å². The topological polar surface area (TPSA) is 90.7 Å². The second-order valence-corrected chi connectivity index (χ2v) is 11.6. The summed E-state index contributed by atoms with van der Waals surface area (Å²) in [6.45, 7) is 2.88. The van der Waals surface area contributed by atoms with E-state index in [2.05, 4.69) is 59.2 Å². The van der Waals surface area contributed by atoms with Gasteiger partial charge in [0, 0.05) is 49.6 Å². The molecular formula is C29H35N5O2. The van der Waals surface area contributed by atoms with Crippen molar-refractivity contribution in [3.05, 3.63) is 65.3 Å². The molecular weight excluding hydrogens is 450 g/mol. The maximum absolute atomic E-state index is 13.3. The van der Waals surface area contributed by atoms with Gasteiger partial charge in [-0.05, 0) is 48.8 Å². The lowest BCUT2D eigenvalue weighted by molar-refractivity contribution is -0.140. The number of nitrogens with zero attached hydrogens (tertiary/aromatic N) is 2. The number of carbonyl (C=O) groups excluding carboxylic acids is 2. The predicted molar refractivity (Wildman–Crippen MR) is 138 cm³/mol. The van der Waals surface area contributed by atoms with Crippen LogP contribution in [-0.2, 0) is 9.59 Å². The summed E-state index contributed by atoms with van der Waals surface area (Å²) in [5.41, 5.74) is 10.1. The zero-order valence-electron chi connectivity index (χ0n) is 20.7. The molecule has 3 heterocycles. The highest BCUT2D eigenvalue weighted by Gasteiger charge is 2.59. The number of hydrogen-bond acceptors (Lipinski definition) is 5. The van der Waals surface area contributed by atoms with Crippen molar-refractivity contribution in [1.82, 2.24) is 20.4 Å². The Kier molecular flexibility index (Phi) is 5.15. The smallest absolute Gasteiger partial charge is 0.244 e. The van der Waals surface area contributed by atoms with Crippen molar-refractivity contribution in [2.75, 3.05) is 26.2 Å². The Labute approximate surface area is 212 Å². The molecule has 3 atom stereocenters. The number of nitrogens with one attached hydrogen (secondary N) is 2. The van der Waals surface area contributed by atoms with E-state index in [4.69, 9.17) is 5.73 Å². The van der Waals surface area contributed by atoms with Crippen LogP contribution in [-0.4, -0.2) is 59.4 Å². The maximum atomic E-state index is 13.3. The Morgan fingerprint density at radius 1 is 1.14 bits per heavy atom. The summed E-state index contributed by atoms with van der Waals surface area (Å²) in [4.78, 5) is 29.7. The van der Waals surface area contributed by atoms with Crippen molar-refractivity contribution in [3.63, 3.8) is 0 Å². The SMILES string of the molecule is NCC1=CC2CC=C(c3ccc(C4NC5(CC5)C(=O)N4CC4CN(C(=O)C5CC5)C4)cc3)NC2C=C1. The van der Waals surface area contributed by atoms with Gasteiger partial charge in [-0.15, -0.1) is 0 Å². The van der Waals surface area contributed by atoms with Gasteiger partial charge < -0.3 is 20.9 Å². The van der Waals surface area contributed by atoms with E-state index in [1.807, 2.05) is 9.80 Å². The number of carbonyl (C=O) groups is 2. The highest BCUT2D eigenvalue weighted by Crippen LogP contribution is 2.46. The summed E-state index contributed by atoms with van der Waals surface area (Å²) in [6.07, 6.45) is 13.8. The van der Waals surface area contributed by atoms with Crippen molar-refractivity contribution in [2.24, 2.45) is 23.5 Å². The van der Waals surface area contributed by atoms with Crippen LogP contribution < -0.4 is 16.4 Å². The lowest BCUT2D eigenvalue weighted by Gasteiger charge is -2.42. The number of hydrogen-bond donors (Lipinski definition) is 3. The highest BCUT2D eigenvalue weighted by molar-refractivity contribution is 5.92. The molecule has 7 rings (SSSR count). The summed E-state index contributed by atoms with van der Waals surface area (Å²) >= 11 is 0. The van der Waals surface area contributed by atoms with Crippen LogP contribution in [0.2, 0.25) is 0 Å². The van der Waals surface area contributed by atoms with Crippen LogP contribution in [0.4, 0.5) is 0 Å². The lowest BCUT2D eigenvalue weighted by Crippen LogP contribution is -2.55. The van der Waals surface area contributed by atoms with Gasteiger partial charge in [0.1, 0.15) is 11.7 Å². The van der Waals surface area contributed by atoms with Gasteiger partial charge in [-0.25, -0.2) is 0 Å². The normalized spacial score (nSPS) is 30.5. The van der Waals surface area contributed by atoms with E-state index < -0.39 is 0 Å². The predicted octanol–water partition coefficient (Wildman–Crippen LogP) is 2.29. The molecule has 2 saturated carbocycles. The number of fused-ring (bicyclic) bond motifs is 1. The third-order valence-electron chi connectivity index (χ3n) is 8.89. The number of likely N-dealkylation sites (tertiary alicyclic amines) is 1. The first-order chi connectivity index (χ1) is 17.5. The first kappa shape index (κ1) is 22.3. The first-order valence-electron chi connectivity index (χ1n) is 13.6. The fourth-order valence-electron chi connectivity index (χ4n) is 6.31. The molecule has 7 heteroatoms. The fraction of sp³-hybridized carbons (Fsp3) is 0.517. The van der Waals surface area contributed by atoms with E-state index in [1.54, 1.807) is 0 Å². The number of allylic oxidation sites excluding steroid dienone is 1. The molecule has 4 N–H and O–H groups in total. The molecule has 1 aromatic rings. The van der Waals surface area contributed by atoms with Gasteiger partial charge in [-0.3, -0.25) is 14.9 Å². The third kappa shape index (κ3) is 3.80. The Morgan fingerprint density at radius 2 is 1.92 bits per heavy atom. The Morgan fingerprint density at radius 3 is 2.61 bits per heavy atom. The van der Waals surface area contributed by atoms with Crippen molar-refractivity contribution < 1.29 is 9.59 Å². The molecule has 3 unspecified atom stereocenters. The highest BCUT2D eigenvalue weighted by atomic mass is 16.2. The van der Waals surface area contributed by atoms with Gasteiger partial charge in [0.2, 0.25) is 11.8 Å². The van der Waals surface area contributed by atoms with Crippen LogP contribution >= 0.6 is 0 Å². The van der Waals surface area contributed by atoms with Crippen LogP contribution in [0, 0.1) is 17.8 Å². The molecule has 6 aliphatic rings. The number of benzene rings is 1. The summed E-state index contributed by atoms with van der Waals surface area (Å²) in [6, 6.07) is 8.97. The molecule has 3 aliphatic carbocycles. The van der Waals surface area contributed by atoms with Gasteiger partial charge in [0.05, 0.1) is 6.04 Å². The summed E-state index contributed by atoms with van der Waals surface area (Å²) in [5.74, 6) is 1.65. The zero-order valence-corrected chi connectivity index (χ0v) is 20.7. The van der Waals surface area contributed by atoms with Crippen molar-refractivity contribution in [3.8, 4) is 0 Å². The van der Waals surface area contributed by atoms with Gasteiger partial charge >= 0.3 is 0 Å². The maximum Gasteiger partial charge on any atom is 0.244 e. The van der Waals surface area contributed by atoms with E-state index in [1.165, 1.54) is 11.1 Å². The van der Waals surface area contributed by atoms with Crippen molar-refractivity contribution >= 4 is 17.5 Å². The molecule has 3 aliphatic heterocycles. The second-order valence-electron chi connectivity index (χ2n) is 11.6. The molecule has 2 saturated heterocycles. The second kappa shape index (κ2) is 8.32. The van der Waals surface area contributed by atoms with Crippen molar-refractivity contribution in [1.29, 1.82) is 0 Å². The largest absolute Gasteiger partial charge is 0.378 e. The molecule has 2 amide bonds. The van der Waals surface area contributed by atoms with E-state index in [-0.39, 0.29) is 23.5 Å². The van der Waals surface area contributed by atoms with E-state index >= 15 is 0 Å². The molecule has 7 nitrogen and oxygen atoms in total. The van der Waals surface area contributed by atoms with Crippen LogP contribution in [0.3, 0.4) is 0 Å². The average Bonchev–Trinajstić information content (AvgIpc) is 3.81. The number of amides is 2. The van der Waals surface area contributed by atoms with Crippen LogP contribution in [0.25, 0.3) is 5.70 Å². The molecule has 1 spiro atoms. The van der Waals surface area contributed by atoms with E-state index in [0.717, 1.165) is 63.0 Å². The molecule has 188 valence electrons. The molecule has 0 aromatic heterocycles. The summed E-state index contributed by atoms with van der Waals surface area (Å²) in [5, 5.41) is 7.35. The minimum atomic E-state index is -0.359. The standard InChI is InChI=1S/C29H35N5O2/c30-14-18-1-9-25-23(13-18)8-10-24(31-25)20-2-4-21(5-3-20)26-32-29(11-12-29)28(36)34(26)17-19-15-33(16-19)27(35)22-6-7-22/h1-5,9-10,13,19,22-23,25-26,31-32H,6-8,11-12,14-17,30H2. The average molecular weight is 486 g/mol. The van der Waals surface area contributed by atoms with Crippen LogP contribution in [0.1, 0.15) is 49.4 Å². The fourth-order valence-corrected chi connectivity index (χ4v) is 6.31. The first-order valence-corrected chi connectivity index (χ1v) is 13.6. The Bertz CT molecular complexity index is 1170. The van der Waals surface area contributed by atoms with Gasteiger partial charge in [-0.1, -0.05) is 48.6 Å². The van der Waals surface area contributed by atoms with Crippen LogP contribution in [0.5, 0.6) is 0 Å². The van der Waals surface area contributed by atoms with Gasteiger partial charge in [0.15, 0.2) is 0 Å². The Hall–Kier alpha value is -2.90. The number of rotatable bonds is 6. The van der Waals surface area contributed by atoms with E-state index in [0.29, 0.717) is 30.3 Å². The zero-order chi connectivity index (χ0) is 24.4. The molecule has 1 aromatic carbocycles. The molecule has 4 fully saturated rings. The molecule has 36 heavy (non-hydrogen) atoms. The number of nitrogens with two attached hydrogens (primary N) is 1. The summed E-state index contributed by atoms with van der Waals surface area (Å²) < 4.78 is 0. The summed E-state index contributed by atoms with van der Waals surface area (Å²) in [7, 11) is 0. The lowest BCUT2D eigenvalue weighted by atomic mass is 9.85. The van der Waals surface area contributed by atoms with E-state index in [9.17, 15) is 9.59 Å². The minimum Gasteiger partial charge on any atom is -0.378 e. The van der Waals surface area contributed by atoms with Crippen molar-refractivity contribution in [2.45, 2.75) is 49.9 Å². The quantitative estimate of drug-likeness (QED) is 0.575. The Balaban J connectivity index is 1.04. The van der Waals surface area contributed by atoms with Gasteiger partial charge in [-0.2, -0.15) is 0 Å². The minimum absolute atomic E-state index is 0.0963. The monoisotopic (exact) mass is 485 g/mol. The third-order valence-corrected chi connectivity index (χ3v) is 8.89.